The molecule has 0 bridgehead atoms. The van der Waals surface area contributed by atoms with Gasteiger partial charge in [0.2, 0.25) is 0 Å². The molecule has 15 heavy (non-hydrogen) atoms. The van der Waals surface area contributed by atoms with Crippen LogP contribution in [0.25, 0.3) is 0 Å². The quantitative estimate of drug-likeness (QED) is 0.469. The fourth-order valence-corrected chi connectivity index (χ4v) is 1.63. The van der Waals surface area contributed by atoms with Crippen LogP contribution < -0.4 is 5.32 Å². The molecule has 84 valence electrons. The summed E-state index contributed by atoms with van der Waals surface area (Å²) in [6.07, 6.45) is -0.207. The van der Waals surface area contributed by atoms with E-state index >= 15 is 0 Å². The van der Waals surface area contributed by atoms with E-state index in [0.29, 0.717) is 0 Å². The summed E-state index contributed by atoms with van der Waals surface area (Å²) in [7, 11) is 0. The molecule has 0 aromatic heterocycles. The number of carboxylic acid groups (broad SMARTS) is 3. The second-order valence-corrected chi connectivity index (χ2v) is 3.42. The molecule has 3 atom stereocenters. The number of rotatable bonds is 3. The van der Waals surface area contributed by atoms with E-state index in [-0.39, 0.29) is 13.0 Å². The monoisotopic (exact) mass is 217 g/mol. The van der Waals surface area contributed by atoms with Gasteiger partial charge in [0.15, 0.2) is 0 Å². The van der Waals surface area contributed by atoms with E-state index in [2.05, 4.69) is 5.32 Å². The number of hydrogen-bond donors (Lipinski definition) is 4. The van der Waals surface area contributed by atoms with Crippen molar-refractivity contribution in [1.82, 2.24) is 5.32 Å². The van der Waals surface area contributed by atoms with Gasteiger partial charge in [-0.25, -0.2) is 0 Å². The average Bonchev–Trinajstić information content (AvgIpc) is 2.16. The summed E-state index contributed by atoms with van der Waals surface area (Å²) in [6.45, 7) is -0.136. The normalized spacial score (nSPS) is 30.8. The Hall–Kier alpha value is -1.63. The summed E-state index contributed by atoms with van der Waals surface area (Å²) in [6, 6.07) is -0.985. The lowest BCUT2D eigenvalue weighted by molar-refractivity contribution is -0.157. The van der Waals surface area contributed by atoms with Crippen LogP contribution in [0, 0.1) is 11.8 Å². The average molecular weight is 217 g/mol. The zero-order valence-electron chi connectivity index (χ0n) is 7.71. The predicted octanol–water partition coefficient (Wildman–Crippen LogP) is -1.17. The van der Waals surface area contributed by atoms with Crippen molar-refractivity contribution < 1.29 is 29.7 Å². The van der Waals surface area contributed by atoms with Crippen molar-refractivity contribution in [3.63, 3.8) is 0 Å². The Kier molecular flexibility index (Phi) is 3.25. The highest BCUT2D eigenvalue weighted by Crippen LogP contribution is 2.23. The third kappa shape index (κ3) is 2.44. The van der Waals surface area contributed by atoms with Crippen molar-refractivity contribution >= 4 is 17.9 Å². The molecule has 1 aliphatic rings. The zero-order valence-corrected chi connectivity index (χ0v) is 7.71. The number of carbonyl (C=O) groups is 3. The van der Waals surface area contributed by atoms with E-state index in [0.717, 1.165) is 0 Å². The van der Waals surface area contributed by atoms with Crippen molar-refractivity contribution in [2.45, 2.75) is 12.5 Å². The molecule has 0 amide bonds. The van der Waals surface area contributed by atoms with Crippen LogP contribution in [-0.4, -0.2) is 45.8 Å². The van der Waals surface area contributed by atoms with E-state index < -0.39 is 35.8 Å². The molecule has 1 fully saturated rings. The van der Waals surface area contributed by atoms with Crippen LogP contribution in [0.5, 0.6) is 0 Å². The van der Waals surface area contributed by atoms with Gasteiger partial charge in [0.25, 0.3) is 0 Å². The van der Waals surface area contributed by atoms with Gasteiger partial charge in [0.05, 0.1) is 11.8 Å². The Morgan fingerprint density at radius 2 is 1.47 bits per heavy atom. The molecule has 1 saturated heterocycles. The van der Waals surface area contributed by atoms with Gasteiger partial charge in [0, 0.05) is 6.54 Å². The van der Waals surface area contributed by atoms with E-state index in [9.17, 15) is 14.4 Å². The number of carboxylic acids is 3. The van der Waals surface area contributed by atoms with E-state index in [4.69, 9.17) is 15.3 Å². The second-order valence-electron chi connectivity index (χ2n) is 3.42. The summed E-state index contributed by atoms with van der Waals surface area (Å²) in [5, 5.41) is 28.7. The van der Waals surface area contributed by atoms with Crippen molar-refractivity contribution in [3.8, 4) is 0 Å². The zero-order chi connectivity index (χ0) is 11.6. The van der Waals surface area contributed by atoms with E-state index in [1.807, 2.05) is 0 Å². The highest BCUT2D eigenvalue weighted by Gasteiger charge is 2.41. The molecule has 1 aliphatic heterocycles. The summed E-state index contributed by atoms with van der Waals surface area (Å²) in [5.41, 5.74) is 0. The predicted molar refractivity (Wildman–Crippen MR) is 46.3 cm³/mol. The molecule has 7 nitrogen and oxygen atoms in total. The van der Waals surface area contributed by atoms with Crippen molar-refractivity contribution in [2.24, 2.45) is 11.8 Å². The van der Waals surface area contributed by atoms with Crippen LogP contribution in [-0.2, 0) is 14.4 Å². The first kappa shape index (κ1) is 11.4. The van der Waals surface area contributed by atoms with E-state index in [1.165, 1.54) is 0 Å². The molecule has 0 aromatic rings. The van der Waals surface area contributed by atoms with Crippen LogP contribution in [0.15, 0.2) is 0 Å². The number of piperidine rings is 1. The van der Waals surface area contributed by atoms with Gasteiger partial charge in [-0.3, -0.25) is 14.4 Å². The maximum Gasteiger partial charge on any atom is 0.320 e. The summed E-state index contributed by atoms with van der Waals surface area (Å²) in [4.78, 5) is 32.0. The molecule has 7 heteroatoms. The summed E-state index contributed by atoms with van der Waals surface area (Å²) in [5.74, 6) is -5.87. The first-order valence-electron chi connectivity index (χ1n) is 4.35. The first-order valence-corrected chi connectivity index (χ1v) is 4.35. The molecule has 4 N–H and O–H groups in total. The van der Waals surface area contributed by atoms with Crippen molar-refractivity contribution in [3.05, 3.63) is 0 Å². The van der Waals surface area contributed by atoms with Crippen molar-refractivity contribution in [2.75, 3.05) is 6.54 Å². The van der Waals surface area contributed by atoms with Crippen molar-refractivity contribution in [1.29, 1.82) is 0 Å². The highest BCUT2D eigenvalue weighted by molar-refractivity contribution is 5.82. The maximum atomic E-state index is 10.8. The van der Waals surface area contributed by atoms with Gasteiger partial charge in [-0.15, -0.1) is 0 Å². The van der Waals surface area contributed by atoms with Gasteiger partial charge in [-0.05, 0) is 6.42 Å². The van der Waals surface area contributed by atoms with Gasteiger partial charge in [0.1, 0.15) is 6.04 Å². The maximum absolute atomic E-state index is 10.8. The van der Waals surface area contributed by atoms with Crippen LogP contribution in [0.3, 0.4) is 0 Å². The molecule has 1 heterocycles. The molecular formula is C8H11NO6. The Balaban J connectivity index is 2.78. The van der Waals surface area contributed by atoms with Gasteiger partial charge in [-0.1, -0.05) is 0 Å². The molecule has 1 rings (SSSR count). The Morgan fingerprint density at radius 1 is 0.933 bits per heavy atom. The highest BCUT2D eigenvalue weighted by atomic mass is 16.4. The molecule has 0 radical (unpaired) electrons. The van der Waals surface area contributed by atoms with Crippen LogP contribution in [0.4, 0.5) is 0 Å². The number of hydrogen-bond acceptors (Lipinski definition) is 4. The van der Waals surface area contributed by atoms with Crippen LogP contribution in [0.1, 0.15) is 6.42 Å². The fourth-order valence-electron chi connectivity index (χ4n) is 1.63. The smallest absolute Gasteiger partial charge is 0.320 e. The second kappa shape index (κ2) is 4.26. The van der Waals surface area contributed by atoms with E-state index in [1.54, 1.807) is 0 Å². The lowest BCUT2D eigenvalue weighted by Crippen LogP contribution is -2.52. The Labute approximate surface area is 84.7 Å². The lowest BCUT2D eigenvalue weighted by atomic mass is 9.83. The standard InChI is InChI=1S/C8H11NO6/c10-6(11)3-1-5(8(14)15)9-2-4(3)7(12)13/h3-5,9H,1-2H2,(H,10,11)(H,12,13)(H,14,15)/t3-,4-,5+/m0/s1. The molecule has 0 unspecified atom stereocenters. The molecule has 0 saturated carbocycles. The fraction of sp³-hybridized carbons (Fsp3) is 0.625. The lowest BCUT2D eigenvalue weighted by Gasteiger charge is -2.30. The Bertz CT molecular complexity index is 302. The Morgan fingerprint density at radius 3 is 1.87 bits per heavy atom. The number of nitrogens with one attached hydrogen (secondary N) is 1. The third-order valence-electron chi connectivity index (χ3n) is 2.49. The third-order valence-corrected chi connectivity index (χ3v) is 2.49. The van der Waals surface area contributed by atoms with Crippen LogP contribution >= 0.6 is 0 Å². The van der Waals surface area contributed by atoms with Gasteiger partial charge < -0.3 is 20.6 Å². The first-order chi connectivity index (χ1) is 6.93. The van der Waals surface area contributed by atoms with Gasteiger partial charge in [-0.2, -0.15) is 0 Å². The largest absolute Gasteiger partial charge is 0.481 e. The summed E-state index contributed by atoms with van der Waals surface area (Å²) >= 11 is 0. The topological polar surface area (TPSA) is 124 Å². The molecule has 0 spiro atoms. The molecule has 0 aromatic carbocycles. The van der Waals surface area contributed by atoms with Crippen LogP contribution in [0.2, 0.25) is 0 Å². The molecular weight excluding hydrogens is 206 g/mol. The summed E-state index contributed by atoms with van der Waals surface area (Å²) < 4.78 is 0. The molecule has 0 aliphatic carbocycles. The SMILES string of the molecule is O=C(O)[C@H]1CN[C@@H](C(=O)O)C[C@@H]1C(=O)O. The number of aliphatic carboxylic acids is 3. The minimum atomic E-state index is -1.27. The minimum absolute atomic E-state index is 0.136. The minimum Gasteiger partial charge on any atom is -0.481 e. The van der Waals surface area contributed by atoms with Gasteiger partial charge >= 0.3 is 17.9 Å².